The number of aliphatic hydroxyl groups is 1. The normalized spacial score (nSPS) is 17.3. The van der Waals surface area contributed by atoms with Gasteiger partial charge in [-0.3, -0.25) is 28.8 Å². The minimum absolute atomic E-state index is 0.0661. The standard InChI is InChI=1S/C45H66N6O11/c1-5-6-7-8-9-10-11-12-13-14-15-16-17-18-38(55)49-35(27-52)43(59)47-28(2)41(57)46-26-39(56)51(4)40-31-20-22-37(54)33(25-31)32-23-30(19-21-36(32)53)24-34(45(61)62)50-42(58)29(3)48-44(40)60/h19-23,25,28-29,34-35,40,52-54H,5-18,24,26-27H2,1-4H3,(H,46,57)(H,47,59)(H,48,60)(H,49,55)(H,50,58)(H,61,62)/t28-,29-,34-,35-,40-/m0/s1. The molecular weight excluding hydrogens is 801 g/mol. The molecule has 342 valence electrons. The van der Waals surface area contributed by atoms with Crippen molar-refractivity contribution in [1.82, 2.24) is 31.5 Å². The Morgan fingerprint density at radius 2 is 1.34 bits per heavy atom. The van der Waals surface area contributed by atoms with Crippen LogP contribution < -0.4 is 26.6 Å². The number of carbonyl (C=O) groups excluding carboxylic acids is 6. The van der Waals surface area contributed by atoms with Crippen LogP contribution in [0.3, 0.4) is 0 Å². The van der Waals surface area contributed by atoms with E-state index in [2.05, 4.69) is 33.5 Å². The molecule has 1 aliphatic heterocycles. The number of carboxylic acid groups (broad SMARTS) is 1. The molecule has 9 N–H and O–H groups in total. The average Bonchev–Trinajstić information content (AvgIpc) is 3.23. The topological polar surface area (TPSA) is 264 Å². The van der Waals surface area contributed by atoms with Crippen LogP contribution in [0.5, 0.6) is 11.5 Å². The summed E-state index contributed by atoms with van der Waals surface area (Å²) >= 11 is 0. The quantitative estimate of drug-likeness (QED) is 0.0731. The van der Waals surface area contributed by atoms with Crippen molar-refractivity contribution in [2.24, 2.45) is 0 Å². The molecule has 5 atom stereocenters. The minimum Gasteiger partial charge on any atom is -0.507 e. The Hall–Kier alpha value is -5.71. The summed E-state index contributed by atoms with van der Waals surface area (Å²) in [7, 11) is 1.27. The molecule has 62 heavy (non-hydrogen) atoms. The van der Waals surface area contributed by atoms with E-state index in [0.29, 0.717) is 12.0 Å². The Kier molecular flexibility index (Phi) is 21.2. The summed E-state index contributed by atoms with van der Waals surface area (Å²) in [6, 6.07) is 1.57. The lowest BCUT2D eigenvalue weighted by molar-refractivity contribution is -0.143. The summed E-state index contributed by atoms with van der Waals surface area (Å²) in [5.41, 5.74) is 0.724. The number of hydrogen-bond donors (Lipinski definition) is 9. The number of aliphatic carboxylic acids is 1. The van der Waals surface area contributed by atoms with Gasteiger partial charge in [0.1, 0.15) is 41.7 Å². The van der Waals surface area contributed by atoms with Crippen LogP contribution in [0.1, 0.15) is 128 Å². The Morgan fingerprint density at radius 1 is 0.774 bits per heavy atom. The summed E-state index contributed by atoms with van der Waals surface area (Å²) in [6.07, 6.45) is 15.1. The molecule has 4 bridgehead atoms. The van der Waals surface area contributed by atoms with Gasteiger partial charge >= 0.3 is 5.97 Å². The number of nitrogens with one attached hydrogen (secondary N) is 5. The van der Waals surface area contributed by atoms with E-state index in [4.69, 9.17) is 0 Å². The number of fused-ring (bicyclic) bond motifs is 5. The zero-order chi connectivity index (χ0) is 45.8. The van der Waals surface area contributed by atoms with Crippen molar-refractivity contribution in [3.8, 4) is 22.6 Å². The van der Waals surface area contributed by atoms with Gasteiger partial charge in [-0.25, -0.2) is 4.79 Å². The van der Waals surface area contributed by atoms with Gasteiger partial charge in [0, 0.05) is 31.0 Å². The summed E-state index contributed by atoms with van der Waals surface area (Å²) in [5, 5.41) is 53.5. The molecule has 6 amide bonds. The molecule has 0 radical (unpaired) electrons. The largest absolute Gasteiger partial charge is 0.507 e. The van der Waals surface area contributed by atoms with Crippen LogP contribution in [0.2, 0.25) is 0 Å². The monoisotopic (exact) mass is 866 g/mol. The fraction of sp³-hybridized carbons (Fsp3) is 0.578. The zero-order valence-electron chi connectivity index (χ0n) is 36.5. The number of amides is 6. The molecule has 0 aromatic heterocycles. The number of phenols is 2. The second-order valence-electron chi connectivity index (χ2n) is 16.1. The predicted molar refractivity (Wildman–Crippen MR) is 232 cm³/mol. The van der Waals surface area contributed by atoms with E-state index in [9.17, 15) is 54.0 Å². The van der Waals surface area contributed by atoms with Crippen molar-refractivity contribution in [2.75, 3.05) is 20.2 Å². The second-order valence-corrected chi connectivity index (χ2v) is 16.1. The van der Waals surface area contributed by atoms with Gasteiger partial charge in [-0.1, -0.05) is 96.1 Å². The number of likely N-dealkylation sites (N-methyl/N-ethyl adjacent to an activating group) is 1. The van der Waals surface area contributed by atoms with Crippen LogP contribution >= 0.6 is 0 Å². The summed E-state index contributed by atoms with van der Waals surface area (Å²) in [5.74, 6) is -6.37. The van der Waals surface area contributed by atoms with Crippen LogP contribution in [0.25, 0.3) is 11.1 Å². The number of nitrogens with zero attached hydrogens (tertiary/aromatic N) is 1. The lowest BCUT2D eigenvalue weighted by Gasteiger charge is -2.30. The number of rotatable bonds is 23. The van der Waals surface area contributed by atoms with Crippen molar-refractivity contribution in [1.29, 1.82) is 0 Å². The van der Waals surface area contributed by atoms with Crippen molar-refractivity contribution in [3.63, 3.8) is 0 Å². The van der Waals surface area contributed by atoms with E-state index in [-0.39, 0.29) is 41.0 Å². The van der Waals surface area contributed by atoms with Crippen molar-refractivity contribution in [3.05, 3.63) is 47.5 Å². The minimum atomic E-state index is -1.47. The van der Waals surface area contributed by atoms with Crippen LogP contribution in [0.15, 0.2) is 36.4 Å². The SMILES string of the molecule is CCCCCCCCCCCCCCCC(=O)N[C@@H](CO)C(=O)N[C@@H](C)C(=O)NCC(=O)N(C)[C@@H]1C(=O)N[C@@H](C)C(=O)N[C@H](C(=O)O)Cc2ccc(O)c(c2)-c2cc1ccc2O. The highest BCUT2D eigenvalue weighted by Crippen LogP contribution is 2.38. The van der Waals surface area contributed by atoms with Gasteiger partial charge in [0.05, 0.1) is 13.2 Å². The predicted octanol–water partition coefficient (Wildman–Crippen LogP) is 3.47. The molecule has 0 spiro atoms. The van der Waals surface area contributed by atoms with Gasteiger partial charge in [-0.2, -0.15) is 0 Å². The second kappa shape index (κ2) is 25.9. The molecule has 0 saturated carbocycles. The molecule has 0 unspecified atom stereocenters. The number of unbranched alkanes of at least 4 members (excludes halogenated alkanes) is 12. The Balaban J connectivity index is 1.58. The third-order valence-electron chi connectivity index (χ3n) is 11.0. The van der Waals surface area contributed by atoms with E-state index in [1.54, 1.807) is 0 Å². The molecule has 17 nitrogen and oxygen atoms in total. The maximum absolute atomic E-state index is 13.8. The highest BCUT2D eigenvalue weighted by molar-refractivity contribution is 5.96. The maximum Gasteiger partial charge on any atom is 0.326 e. The van der Waals surface area contributed by atoms with E-state index >= 15 is 0 Å². The van der Waals surface area contributed by atoms with E-state index < -0.39 is 84.8 Å². The molecule has 2 aromatic rings. The number of aromatic hydroxyl groups is 2. The number of carboxylic acids is 1. The molecule has 17 heteroatoms. The smallest absolute Gasteiger partial charge is 0.326 e. The first-order valence-electron chi connectivity index (χ1n) is 21.8. The van der Waals surface area contributed by atoms with Crippen LogP contribution in [0.4, 0.5) is 0 Å². The third kappa shape index (κ3) is 16.0. The summed E-state index contributed by atoms with van der Waals surface area (Å²) in [4.78, 5) is 92.0. The molecule has 0 saturated heterocycles. The maximum atomic E-state index is 13.8. The molecule has 1 aliphatic rings. The Labute approximate surface area is 363 Å². The molecular formula is C45H66N6O11. The number of benzene rings is 2. The van der Waals surface area contributed by atoms with Crippen molar-refractivity contribution < 1.29 is 54.0 Å². The molecule has 0 fully saturated rings. The Bertz CT molecular complexity index is 1860. The van der Waals surface area contributed by atoms with Crippen molar-refractivity contribution >= 4 is 41.4 Å². The highest BCUT2D eigenvalue weighted by Gasteiger charge is 2.33. The van der Waals surface area contributed by atoms with Gasteiger partial charge in [-0.05, 0) is 55.7 Å². The fourth-order valence-electron chi connectivity index (χ4n) is 7.23. The lowest BCUT2D eigenvalue weighted by atomic mass is 9.94. The van der Waals surface area contributed by atoms with Crippen LogP contribution in [0, 0.1) is 0 Å². The first-order valence-corrected chi connectivity index (χ1v) is 21.8. The summed E-state index contributed by atoms with van der Waals surface area (Å²) < 4.78 is 0. The number of hydrogen-bond acceptors (Lipinski definition) is 10. The third-order valence-corrected chi connectivity index (χ3v) is 11.0. The van der Waals surface area contributed by atoms with Gasteiger partial charge in [0.15, 0.2) is 0 Å². The lowest BCUT2D eigenvalue weighted by Crippen LogP contribution is -2.55. The number of phenolic OH excluding ortho intramolecular Hbond substituents is 2. The summed E-state index contributed by atoms with van der Waals surface area (Å²) in [6.45, 7) is 3.54. The average molecular weight is 867 g/mol. The van der Waals surface area contributed by atoms with E-state index in [1.807, 2.05) is 0 Å². The molecule has 0 aliphatic carbocycles. The van der Waals surface area contributed by atoms with Crippen LogP contribution in [-0.4, -0.2) is 111 Å². The first kappa shape index (κ1) is 50.6. The first-order chi connectivity index (χ1) is 29.6. The van der Waals surface area contributed by atoms with Gasteiger partial charge in [0.2, 0.25) is 35.4 Å². The van der Waals surface area contributed by atoms with Gasteiger partial charge < -0.3 is 51.9 Å². The molecule has 1 heterocycles. The van der Waals surface area contributed by atoms with Gasteiger partial charge in [0.25, 0.3) is 0 Å². The van der Waals surface area contributed by atoms with E-state index in [0.717, 1.165) is 24.2 Å². The van der Waals surface area contributed by atoms with Gasteiger partial charge in [-0.15, -0.1) is 0 Å². The molecule has 2 aromatic carbocycles. The molecule has 3 rings (SSSR count). The zero-order valence-corrected chi connectivity index (χ0v) is 36.5. The number of carbonyl (C=O) groups is 7. The number of aliphatic hydroxyl groups excluding tert-OH is 1. The van der Waals surface area contributed by atoms with Crippen molar-refractivity contribution in [2.45, 2.75) is 147 Å². The van der Waals surface area contributed by atoms with E-state index in [1.165, 1.54) is 115 Å². The fourth-order valence-corrected chi connectivity index (χ4v) is 7.23. The van der Waals surface area contributed by atoms with Crippen LogP contribution in [-0.2, 0) is 40.0 Å². The highest BCUT2D eigenvalue weighted by atomic mass is 16.4. The Morgan fingerprint density at radius 3 is 1.92 bits per heavy atom.